The smallest absolute Gasteiger partial charge is 0.270 e. The number of ether oxygens (including phenoxy) is 1. The Hall–Kier alpha value is -1.66. The fourth-order valence-electron chi connectivity index (χ4n) is 2.19. The van der Waals surface area contributed by atoms with E-state index in [1.165, 1.54) is 0 Å². The van der Waals surface area contributed by atoms with Gasteiger partial charge in [-0.05, 0) is 31.4 Å². The molecule has 1 fully saturated rings. The van der Waals surface area contributed by atoms with Gasteiger partial charge in [0.15, 0.2) is 0 Å². The van der Waals surface area contributed by atoms with Gasteiger partial charge in [-0.2, -0.15) is 0 Å². The number of nitrogen functional groups attached to an aromatic ring is 1. The van der Waals surface area contributed by atoms with Crippen LogP contribution in [0.15, 0.2) is 18.3 Å². The van der Waals surface area contributed by atoms with E-state index in [0.29, 0.717) is 11.4 Å². The standard InChI is InChI=1S/C12H18N4O2/c1-18-10-3-2-8(6-10)15-12(17)11-7-9(16-13)4-5-14-11/h4-5,7-8,10H,2-3,6,13H2,1H3,(H,14,16)(H,15,17). The van der Waals surface area contributed by atoms with Crippen LogP contribution < -0.4 is 16.6 Å². The van der Waals surface area contributed by atoms with Crippen LogP contribution in [0.3, 0.4) is 0 Å². The number of carbonyl (C=O) groups excluding carboxylic acids is 1. The molecule has 1 aromatic heterocycles. The summed E-state index contributed by atoms with van der Waals surface area (Å²) >= 11 is 0. The largest absolute Gasteiger partial charge is 0.381 e. The number of aromatic nitrogens is 1. The Balaban J connectivity index is 1.95. The van der Waals surface area contributed by atoms with E-state index < -0.39 is 0 Å². The third kappa shape index (κ3) is 2.96. The number of hydrogen-bond donors (Lipinski definition) is 3. The van der Waals surface area contributed by atoms with Crippen LogP contribution in [0.1, 0.15) is 29.8 Å². The zero-order chi connectivity index (χ0) is 13.0. The summed E-state index contributed by atoms with van der Waals surface area (Å²) in [5.41, 5.74) is 3.52. The van der Waals surface area contributed by atoms with Crippen LogP contribution in [0.2, 0.25) is 0 Å². The third-order valence-electron chi connectivity index (χ3n) is 3.21. The summed E-state index contributed by atoms with van der Waals surface area (Å²) in [6, 6.07) is 3.49. The summed E-state index contributed by atoms with van der Waals surface area (Å²) in [5, 5.41) is 2.96. The first-order valence-electron chi connectivity index (χ1n) is 5.99. The predicted molar refractivity (Wildman–Crippen MR) is 67.9 cm³/mol. The highest BCUT2D eigenvalue weighted by atomic mass is 16.5. The van der Waals surface area contributed by atoms with Crippen molar-refractivity contribution in [2.45, 2.75) is 31.4 Å². The minimum atomic E-state index is -0.172. The Labute approximate surface area is 106 Å². The SMILES string of the molecule is COC1CCC(NC(=O)c2cc(NN)ccn2)C1. The van der Waals surface area contributed by atoms with Crippen LogP contribution in [-0.2, 0) is 4.74 Å². The number of nitrogens with two attached hydrogens (primary N) is 1. The lowest BCUT2D eigenvalue weighted by Gasteiger charge is -2.12. The molecule has 4 N–H and O–H groups in total. The maximum Gasteiger partial charge on any atom is 0.270 e. The molecule has 0 saturated heterocycles. The summed E-state index contributed by atoms with van der Waals surface area (Å²) in [5.74, 6) is 5.12. The van der Waals surface area contributed by atoms with Crippen LogP contribution in [0, 0.1) is 0 Å². The van der Waals surface area contributed by atoms with E-state index in [1.807, 2.05) is 0 Å². The molecule has 2 atom stereocenters. The number of nitrogens with zero attached hydrogens (tertiary/aromatic N) is 1. The number of carbonyl (C=O) groups is 1. The highest BCUT2D eigenvalue weighted by Gasteiger charge is 2.26. The Morgan fingerprint density at radius 2 is 2.39 bits per heavy atom. The lowest BCUT2D eigenvalue weighted by atomic mass is 10.2. The molecule has 1 heterocycles. The molecule has 98 valence electrons. The maximum absolute atomic E-state index is 12.0. The molecule has 1 aliphatic rings. The number of rotatable bonds is 4. The highest BCUT2D eigenvalue weighted by molar-refractivity contribution is 5.93. The predicted octanol–water partition coefficient (Wildman–Crippen LogP) is 0.664. The van der Waals surface area contributed by atoms with E-state index in [9.17, 15) is 4.79 Å². The fourth-order valence-corrected chi connectivity index (χ4v) is 2.19. The number of hydrogen-bond acceptors (Lipinski definition) is 5. The van der Waals surface area contributed by atoms with Gasteiger partial charge in [-0.3, -0.25) is 15.6 Å². The molecular formula is C12H18N4O2. The van der Waals surface area contributed by atoms with Gasteiger partial charge >= 0.3 is 0 Å². The lowest BCUT2D eigenvalue weighted by molar-refractivity contribution is 0.0910. The van der Waals surface area contributed by atoms with Gasteiger partial charge in [0.25, 0.3) is 5.91 Å². The first kappa shape index (κ1) is 12.8. The Bertz CT molecular complexity index is 424. The second kappa shape index (κ2) is 5.79. The minimum Gasteiger partial charge on any atom is -0.381 e. The van der Waals surface area contributed by atoms with E-state index in [0.717, 1.165) is 19.3 Å². The fraction of sp³-hybridized carbons (Fsp3) is 0.500. The Morgan fingerprint density at radius 1 is 1.56 bits per heavy atom. The summed E-state index contributed by atoms with van der Waals surface area (Å²) in [6.45, 7) is 0. The van der Waals surface area contributed by atoms with E-state index >= 15 is 0 Å². The van der Waals surface area contributed by atoms with Crippen molar-refractivity contribution in [1.82, 2.24) is 10.3 Å². The quantitative estimate of drug-likeness (QED) is 0.539. The highest BCUT2D eigenvalue weighted by Crippen LogP contribution is 2.21. The summed E-state index contributed by atoms with van der Waals surface area (Å²) in [7, 11) is 1.70. The Kier molecular flexibility index (Phi) is 4.11. The average Bonchev–Trinajstić information content (AvgIpc) is 2.86. The molecule has 6 heteroatoms. The first-order valence-corrected chi connectivity index (χ1v) is 5.99. The molecule has 0 aromatic carbocycles. The van der Waals surface area contributed by atoms with Crippen molar-refractivity contribution in [2.75, 3.05) is 12.5 Å². The van der Waals surface area contributed by atoms with Gasteiger partial charge in [-0.1, -0.05) is 0 Å². The number of pyridine rings is 1. The second-order valence-corrected chi connectivity index (χ2v) is 4.42. The van der Waals surface area contributed by atoms with Crippen molar-refractivity contribution in [3.63, 3.8) is 0 Å². The zero-order valence-corrected chi connectivity index (χ0v) is 10.3. The first-order chi connectivity index (χ1) is 8.72. The van der Waals surface area contributed by atoms with Crippen molar-refractivity contribution in [3.8, 4) is 0 Å². The number of amides is 1. The number of hydrazine groups is 1. The molecule has 2 unspecified atom stereocenters. The van der Waals surface area contributed by atoms with Crippen LogP contribution in [0.4, 0.5) is 5.69 Å². The van der Waals surface area contributed by atoms with E-state index in [4.69, 9.17) is 10.6 Å². The molecule has 0 bridgehead atoms. The molecule has 6 nitrogen and oxygen atoms in total. The molecule has 1 saturated carbocycles. The molecule has 1 amide bonds. The van der Waals surface area contributed by atoms with Gasteiger partial charge in [-0.15, -0.1) is 0 Å². The van der Waals surface area contributed by atoms with Gasteiger partial charge in [0.1, 0.15) is 5.69 Å². The number of methoxy groups -OCH3 is 1. The maximum atomic E-state index is 12.0. The number of anilines is 1. The van der Waals surface area contributed by atoms with Gasteiger partial charge in [0.2, 0.25) is 0 Å². The zero-order valence-electron chi connectivity index (χ0n) is 10.3. The summed E-state index contributed by atoms with van der Waals surface area (Å²) < 4.78 is 5.27. The summed E-state index contributed by atoms with van der Waals surface area (Å²) in [6.07, 6.45) is 4.59. The van der Waals surface area contributed by atoms with Crippen LogP contribution in [0.5, 0.6) is 0 Å². The minimum absolute atomic E-state index is 0.166. The van der Waals surface area contributed by atoms with E-state index in [1.54, 1.807) is 25.4 Å². The van der Waals surface area contributed by atoms with Crippen LogP contribution in [0.25, 0.3) is 0 Å². The van der Waals surface area contributed by atoms with Crippen molar-refractivity contribution in [2.24, 2.45) is 5.84 Å². The average molecular weight is 250 g/mol. The van der Waals surface area contributed by atoms with Gasteiger partial charge in [0.05, 0.1) is 11.8 Å². The van der Waals surface area contributed by atoms with Gasteiger partial charge in [-0.25, -0.2) is 0 Å². The number of nitrogens with one attached hydrogen (secondary N) is 2. The molecule has 0 aliphatic heterocycles. The Morgan fingerprint density at radius 3 is 3.06 bits per heavy atom. The van der Waals surface area contributed by atoms with Crippen LogP contribution >= 0.6 is 0 Å². The second-order valence-electron chi connectivity index (χ2n) is 4.42. The van der Waals surface area contributed by atoms with E-state index in [-0.39, 0.29) is 18.1 Å². The molecule has 1 aliphatic carbocycles. The lowest BCUT2D eigenvalue weighted by Crippen LogP contribution is -2.34. The van der Waals surface area contributed by atoms with Gasteiger partial charge in [0, 0.05) is 19.3 Å². The van der Waals surface area contributed by atoms with Crippen molar-refractivity contribution in [1.29, 1.82) is 0 Å². The molecule has 0 spiro atoms. The van der Waals surface area contributed by atoms with Crippen molar-refractivity contribution < 1.29 is 9.53 Å². The summed E-state index contributed by atoms with van der Waals surface area (Å²) in [4.78, 5) is 16.0. The topological polar surface area (TPSA) is 89.3 Å². The molecule has 0 radical (unpaired) electrons. The third-order valence-corrected chi connectivity index (χ3v) is 3.21. The molecule has 2 rings (SSSR count). The molecule has 18 heavy (non-hydrogen) atoms. The van der Waals surface area contributed by atoms with Gasteiger partial charge < -0.3 is 15.5 Å². The monoisotopic (exact) mass is 250 g/mol. The van der Waals surface area contributed by atoms with Crippen LogP contribution in [-0.4, -0.2) is 30.1 Å². The molecule has 1 aromatic rings. The van der Waals surface area contributed by atoms with Crippen molar-refractivity contribution in [3.05, 3.63) is 24.0 Å². The normalized spacial score (nSPS) is 22.8. The van der Waals surface area contributed by atoms with E-state index in [2.05, 4.69) is 15.7 Å². The van der Waals surface area contributed by atoms with Crippen molar-refractivity contribution >= 4 is 11.6 Å². The molecular weight excluding hydrogens is 232 g/mol.